The van der Waals surface area contributed by atoms with Crippen molar-refractivity contribution in [3.8, 4) is 23.3 Å². The van der Waals surface area contributed by atoms with Gasteiger partial charge in [-0.25, -0.2) is 0 Å². The molecule has 0 heterocycles. The van der Waals surface area contributed by atoms with Gasteiger partial charge in [-0.05, 0) is 43.4 Å². The summed E-state index contributed by atoms with van der Waals surface area (Å²) in [5.41, 5.74) is 0.775. The minimum Gasteiger partial charge on any atom is -0.497 e. The smallest absolute Gasteiger partial charge is 0.135 e. The summed E-state index contributed by atoms with van der Waals surface area (Å²) in [6, 6.07) is 5.63. The van der Waals surface area contributed by atoms with Crippen molar-refractivity contribution in [1.29, 1.82) is 0 Å². The molecule has 0 amide bonds. The molecule has 1 fully saturated rings. The number of aliphatic hydroxyl groups excluding tert-OH is 1. The Morgan fingerprint density at radius 1 is 1.35 bits per heavy atom. The summed E-state index contributed by atoms with van der Waals surface area (Å²) in [5, 5.41) is 8.86. The van der Waals surface area contributed by atoms with Crippen LogP contribution in [0.4, 0.5) is 0 Å². The maximum Gasteiger partial charge on any atom is 0.135 e. The van der Waals surface area contributed by atoms with Gasteiger partial charge in [0.1, 0.15) is 18.1 Å². The molecule has 1 aliphatic carbocycles. The lowest BCUT2D eigenvalue weighted by Crippen LogP contribution is -2.24. The molecule has 2 atom stereocenters. The SMILES string of the molecule is COc1ccc(OC2CCCC(C)C2)c(C#CCO)c1. The lowest BCUT2D eigenvalue weighted by atomic mass is 9.88. The van der Waals surface area contributed by atoms with E-state index >= 15 is 0 Å². The number of aliphatic hydroxyl groups is 1. The molecule has 0 saturated heterocycles. The second-order valence-corrected chi connectivity index (χ2v) is 5.33. The van der Waals surface area contributed by atoms with Crippen LogP contribution in [-0.4, -0.2) is 24.9 Å². The van der Waals surface area contributed by atoms with E-state index in [1.54, 1.807) is 7.11 Å². The largest absolute Gasteiger partial charge is 0.497 e. The number of benzene rings is 1. The van der Waals surface area contributed by atoms with E-state index in [1.807, 2.05) is 18.2 Å². The second-order valence-electron chi connectivity index (χ2n) is 5.33. The molecular formula is C17H22O3. The van der Waals surface area contributed by atoms with Gasteiger partial charge in [-0.1, -0.05) is 25.2 Å². The highest BCUT2D eigenvalue weighted by Gasteiger charge is 2.21. The fraction of sp³-hybridized carbons (Fsp3) is 0.529. The fourth-order valence-corrected chi connectivity index (χ4v) is 2.64. The van der Waals surface area contributed by atoms with E-state index in [-0.39, 0.29) is 12.7 Å². The minimum absolute atomic E-state index is 0.156. The minimum atomic E-state index is -0.156. The van der Waals surface area contributed by atoms with Gasteiger partial charge >= 0.3 is 0 Å². The second kappa shape index (κ2) is 7.21. The Labute approximate surface area is 120 Å². The lowest BCUT2D eigenvalue weighted by molar-refractivity contribution is 0.129. The first-order valence-corrected chi connectivity index (χ1v) is 7.17. The van der Waals surface area contributed by atoms with Gasteiger partial charge in [0.25, 0.3) is 0 Å². The van der Waals surface area contributed by atoms with Gasteiger partial charge in [0.2, 0.25) is 0 Å². The number of hydrogen-bond donors (Lipinski definition) is 1. The number of hydrogen-bond acceptors (Lipinski definition) is 3. The summed E-state index contributed by atoms with van der Waals surface area (Å²) in [6.45, 7) is 2.12. The maximum atomic E-state index is 8.86. The quantitative estimate of drug-likeness (QED) is 0.861. The highest BCUT2D eigenvalue weighted by atomic mass is 16.5. The highest BCUT2D eigenvalue weighted by molar-refractivity contribution is 5.50. The van der Waals surface area contributed by atoms with Gasteiger partial charge in [0, 0.05) is 0 Å². The van der Waals surface area contributed by atoms with Crippen molar-refractivity contribution in [3.05, 3.63) is 23.8 Å². The molecule has 3 heteroatoms. The first kappa shape index (κ1) is 14.7. The Balaban J connectivity index is 2.17. The summed E-state index contributed by atoms with van der Waals surface area (Å²) in [7, 11) is 1.63. The van der Waals surface area contributed by atoms with E-state index in [9.17, 15) is 0 Å². The molecule has 0 aliphatic heterocycles. The number of methoxy groups -OCH3 is 1. The topological polar surface area (TPSA) is 38.7 Å². The zero-order valence-electron chi connectivity index (χ0n) is 12.2. The molecule has 0 radical (unpaired) electrons. The molecule has 1 saturated carbocycles. The molecular weight excluding hydrogens is 252 g/mol. The number of ether oxygens (including phenoxy) is 2. The molecule has 2 rings (SSSR count). The molecule has 1 aromatic rings. The Hall–Kier alpha value is -1.66. The number of rotatable bonds is 3. The van der Waals surface area contributed by atoms with Gasteiger partial charge in [0.15, 0.2) is 0 Å². The predicted octanol–water partition coefficient (Wildman–Crippen LogP) is 3.00. The Morgan fingerprint density at radius 3 is 2.90 bits per heavy atom. The third-order valence-corrected chi connectivity index (χ3v) is 3.67. The average Bonchev–Trinajstić information content (AvgIpc) is 2.46. The van der Waals surface area contributed by atoms with Crippen LogP contribution < -0.4 is 9.47 Å². The van der Waals surface area contributed by atoms with Crippen molar-refractivity contribution in [3.63, 3.8) is 0 Å². The van der Waals surface area contributed by atoms with Gasteiger partial charge in [0.05, 0.1) is 18.8 Å². The molecule has 0 bridgehead atoms. The Kier molecular flexibility index (Phi) is 5.31. The normalized spacial score (nSPS) is 21.8. The van der Waals surface area contributed by atoms with Crippen LogP contribution in [0.15, 0.2) is 18.2 Å². The summed E-state index contributed by atoms with van der Waals surface area (Å²) in [5.74, 6) is 7.86. The molecule has 1 N–H and O–H groups in total. The Morgan fingerprint density at radius 2 is 2.20 bits per heavy atom. The first-order chi connectivity index (χ1) is 9.72. The molecule has 108 valence electrons. The van der Waals surface area contributed by atoms with Crippen LogP contribution in [0.1, 0.15) is 38.2 Å². The van der Waals surface area contributed by atoms with E-state index in [0.29, 0.717) is 0 Å². The first-order valence-electron chi connectivity index (χ1n) is 7.17. The summed E-state index contributed by atoms with van der Waals surface area (Å²) < 4.78 is 11.3. The van der Waals surface area contributed by atoms with E-state index in [1.165, 1.54) is 12.8 Å². The lowest BCUT2D eigenvalue weighted by Gasteiger charge is -2.27. The summed E-state index contributed by atoms with van der Waals surface area (Å²) in [4.78, 5) is 0. The van der Waals surface area contributed by atoms with E-state index in [2.05, 4.69) is 18.8 Å². The maximum absolute atomic E-state index is 8.86. The monoisotopic (exact) mass is 274 g/mol. The van der Waals surface area contributed by atoms with Crippen molar-refractivity contribution in [2.45, 2.75) is 38.7 Å². The predicted molar refractivity (Wildman–Crippen MR) is 79.0 cm³/mol. The van der Waals surface area contributed by atoms with Crippen LogP contribution in [0.3, 0.4) is 0 Å². The third-order valence-electron chi connectivity index (χ3n) is 3.67. The van der Waals surface area contributed by atoms with Gasteiger partial charge in [-0.15, -0.1) is 0 Å². The van der Waals surface area contributed by atoms with E-state index < -0.39 is 0 Å². The highest BCUT2D eigenvalue weighted by Crippen LogP contribution is 2.30. The van der Waals surface area contributed by atoms with Crippen LogP contribution >= 0.6 is 0 Å². The van der Waals surface area contributed by atoms with Crippen molar-refractivity contribution >= 4 is 0 Å². The van der Waals surface area contributed by atoms with Crippen LogP contribution in [0.5, 0.6) is 11.5 Å². The van der Waals surface area contributed by atoms with Crippen LogP contribution in [0.2, 0.25) is 0 Å². The van der Waals surface area contributed by atoms with Crippen LogP contribution in [0, 0.1) is 17.8 Å². The molecule has 0 aromatic heterocycles. The van der Waals surface area contributed by atoms with Gasteiger partial charge in [-0.3, -0.25) is 0 Å². The van der Waals surface area contributed by atoms with E-state index in [4.69, 9.17) is 14.6 Å². The fourth-order valence-electron chi connectivity index (χ4n) is 2.64. The molecule has 3 nitrogen and oxygen atoms in total. The molecule has 0 spiro atoms. The van der Waals surface area contributed by atoms with Crippen molar-refractivity contribution in [1.82, 2.24) is 0 Å². The van der Waals surface area contributed by atoms with E-state index in [0.717, 1.165) is 35.8 Å². The van der Waals surface area contributed by atoms with Crippen LogP contribution in [-0.2, 0) is 0 Å². The Bertz CT molecular complexity index is 499. The molecule has 2 unspecified atom stereocenters. The average molecular weight is 274 g/mol. The van der Waals surface area contributed by atoms with Gasteiger partial charge < -0.3 is 14.6 Å². The molecule has 1 aromatic carbocycles. The zero-order valence-corrected chi connectivity index (χ0v) is 12.2. The summed E-state index contributed by atoms with van der Waals surface area (Å²) >= 11 is 0. The molecule has 20 heavy (non-hydrogen) atoms. The van der Waals surface area contributed by atoms with Crippen molar-refractivity contribution < 1.29 is 14.6 Å². The molecule has 1 aliphatic rings. The zero-order chi connectivity index (χ0) is 14.4. The van der Waals surface area contributed by atoms with Crippen molar-refractivity contribution in [2.24, 2.45) is 5.92 Å². The third kappa shape index (κ3) is 3.91. The van der Waals surface area contributed by atoms with Crippen LogP contribution in [0.25, 0.3) is 0 Å². The van der Waals surface area contributed by atoms with Gasteiger partial charge in [-0.2, -0.15) is 0 Å². The summed E-state index contributed by atoms with van der Waals surface area (Å²) in [6.07, 6.45) is 4.98. The van der Waals surface area contributed by atoms with Crippen molar-refractivity contribution in [2.75, 3.05) is 13.7 Å². The standard InChI is InChI=1S/C17H22O3/c1-13-5-3-7-16(11-13)20-17-9-8-15(19-2)12-14(17)6-4-10-18/h8-9,12-13,16,18H,3,5,7,10-11H2,1-2H3.